The number of unbranched alkanes of at least 4 members (excludes halogenated alkanes) is 1. The molecular formula is C15H18O2. The van der Waals surface area contributed by atoms with E-state index in [1.165, 1.54) is 0 Å². The van der Waals surface area contributed by atoms with E-state index < -0.39 is 0 Å². The van der Waals surface area contributed by atoms with E-state index in [-0.39, 0.29) is 12.1 Å². The second-order valence-electron chi connectivity index (χ2n) is 3.77. The van der Waals surface area contributed by atoms with Crippen LogP contribution in [0.5, 0.6) is 0 Å². The normalized spacial score (nSPS) is 12.3. The molecule has 0 N–H and O–H groups in total. The second-order valence-corrected chi connectivity index (χ2v) is 3.77. The predicted octanol–water partition coefficient (Wildman–Crippen LogP) is 3.75. The number of hydrogen-bond acceptors (Lipinski definition) is 2. The van der Waals surface area contributed by atoms with Gasteiger partial charge in [0.05, 0.1) is 5.56 Å². The molecule has 0 heterocycles. The molecule has 0 unspecified atom stereocenters. The van der Waals surface area contributed by atoms with Gasteiger partial charge in [-0.15, -0.1) is 6.58 Å². The molecule has 0 aliphatic rings. The average molecular weight is 230 g/mol. The Balaban J connectivity index is 2.41. The molecule has 0 saturated heterocycles. The van der Waals surface area contributed by atoms with Crippen LogP contribution in [0, 0.1) is 0 Å². The molecule has 0 amide bonds. The van der Waals surface area contributed by atoms with Crippen LogP contribution in [0.15, 0.2) is 55.1 Å². The first-order chi connectivity index (χ1) is 8.24. The van der Waals surface area contributed by atoms with E-state index in [9.17, 15) is 4.79 Å². The smallest absolute Gasteiger partial charge is 0.338 e. The SMILES string of the molecule is C=CCC/C=C/[C@@H](C)OC(=O)c1ccccc1. The van der Waals surface area contributed by atoms with Crippen LogP contribution in [0.25, 0.3) is 0 Å². The minimum absolute atomic E-state index is 0.201. The zero-order valence-electron chi connectivity index (χ0n) is 10.1. The van der Waals surface area contributed by atoms with E-state index in [1.54, 1.807) is 12.1 Å². The quantitative estimate of drug-likeness (QED) is 0.422. The third kappa shape index (κ3) is 5.16. The van der Waals surface area contributed by atoms with Gasteiger partial charge in [-0.1, -0.05) is 30.4 Å². The summed E-state index contributed by atoms with van der Waals surface area (Å²) in [5.74, 6) is -0.286. The molecule has 0 aromatic heterocycles. The fraction of sp³-hybridized carbons (Fsp3) is 0.267. The molecule has 0 radical (unpaired) electrons. The van der Waals surface area contributed by atoms with Crippen molar-refractivity contribution in [3.63, 3.8) is 0 Å². The Labute approximate surface area is 103 Å². The zero-order chi connectivity index (χ0) is 12.5. The van der Waals surface area contributed by atoms with Gasteiger partial charge in [-0.25, -0.2) is 4.79 Å². The summed E-state index contributed by atoms with van der Waals surface area (Å²) in [7, 11) is 0. The largest absolute Gasteiger partial charge is 0.455 e. The molecule has 0 bridgehead atoms. The Bertz CT molecular complexity index is 379. The van der Waals surface area contributed by atoms with Crippen molar-refractivity contribution in [3.8, 4) is 0 Å². The van der Waals surface area contributed by atoms with E-state index in [4.69, 9.17) is 4.74 Å². The number of allylic oxidation sites excluding steroid dienone is 2. The summed E-state index contributed by atoms with van der Waals surface area (Å²) in [5, 5.41) is 0. The summed E-state index contributed by atoms with van der Waals surface area (Å²) >= 11 is 0. The maximum absolute atomic E-state index is 11.7. The van der Waals surface area contributed by atoms with Crippen LogP contribution < -0.4 is 0 Å². The minimum Gasteiger partial charge on any atom is -0.455 e. The molecule has 90 valence electrons. The van der Waals surface area contributed by atoms with Gasteiger partial charge in [-0.2, -0.15) is 0 Å². The summed E-state index contributed by atoms with van der Waals surface area (Å²) in [6.45, 7) is 5.50. The molecule has 0 saturated carbocycles. The van der Waals surface area contributed by atoms with Crippen LogP contribution >= 0.6 is 0 Å². The Morgan fingerprint density at radius 1 is 1.35 bits per heavy atom. The van der Waals surface area contributed by atoms with Gasteiger partial charge in [-0.05, 0) is 38.0 Å². The van der Waals surface area contributed by atoms with Crippen LogP contribution in [-0.4, -0.2) is 12.1 Å². The molecular weight excluding hydrogens is 212 g/mol. The number of carbonyl (C=O) groups is 1. The molecule has 2 heteroatoms. The van der Waals surface area contributed by atoms with E-state index in [0.29, 0.717) is 5.56 Å². The van der Waals surface area contributed by atoms with E-state index in [2.05, 4.69) is 6.58 Å². The Kier molecular flexibility index (Phi) is 5.80. The molecule has 1 aromatic carbocycles. The monoisotopic (exact) mass is 230 g/mol. The van der Waals surface area contributed by atoms with Crippen molar-refractivity contribution in [2.24, 2.45) is 0 Å². The van der Waals surface area contributed by atoms with E-state index in [0.717, 1.165) is 12.8 Å². The fourth-order valence-electron chi connectivity index (χ4n) is 1.35. The molecule has 1 aromatic rings. The van der Waals surface area contributed by atoms with Gasteiger partial charge in [0.25, 0.3) is 0 Å². The zero-order valence-corrected chi connectivity index (χ0v) is 10.1. The maximum atomic E-state index is 11.7. The number of rotatable bonds is 6. The molecule has 0 aliphatic carbocycles. The minimum atomic E-state index is -0.286. The summed E-state index contributed by atoms with van der Waals surface area (Å²) in [6, 6.07) is 9.00. The van der Waals surface area contributed by atoms with Gasteiger partial charge < -0.3 is 4.74 Å². The molecule has 0 spiro atoms. The Morgan fingerprint density at radius 2 is 2.06 bits per heavy atom. The highest BCUT2D eigenvalue weighted by molar-refractivity contribution is 5.89. The highest BCUT2D eigenvalue weighted by Crippen LogP contribution is 2.05. The lowest BCUT2D eigenvalue weighted by Crippen LogP contribution is -2.12. The molecule has 1 atom stereocenters. The number of benzene rings is 1. The second kappa shape index (κ2) is 7.44. The van der Waals surface area contributed by atoms with Crippen molar-refractivity contribution < 1.29 is 9.53 Å². The van der Waals surface area contributed by atoms with Crippen LogP contribution in [0.1, 0.15) is 30.1 Å². The summed E-state index contributed by atoms with van der Waals surface area (Å²) in [6.07, 6.45) is 7.43. The maximum Gasteiger partial charge on any atom is 0.338 e. The van der Waals surface area contributed by atoms with Crippen molar-refractivity contribution in [2.75, 3.05) is 0 Å². The van der Waals surface area contributed by atoms with Gasteiger partial charge in [0.15, 0.2) is 0 Å². The van der Waals surface area contributed by atoms with Gasteiger partial charge in [0.1, 0.15) is 6.10 Å². The summed E-state index contributed by atoms with van der Waals surface area (Å²) < 4.78 is 5.27. The number of carbonyl (C=O) groups excluding carboxylic acids is 1. The predicted molar refractivity (Wildman–Crippen MR) is 69.9 cm³/mol. The number of ether oxygens (including phenoxy) is 1. The topological polar surface area (TPSA) is 26.3 Å². The van der Waals surface area contributed by atoms with Crippen LogP contribution in [-0.2, 0) is 4.74 Å². The van der Waals surface area contributed by atoms with Crippen molar-refractivity contribution >= 4 is 5.97 Å². The van der Waals surface area contributed by atoms with Crippen molar-refractivity contribution in [2.45, 2.75) is 25.9 Å². The van der Waals surface area contributed by atoms with Crippen LogP contribution in [0.3, 0.4) is 0 Å². The average Bonchev–Trinajstić information content (AvgIpc) is 2.36. The van der Waals surface area contributed by atoms with E-state index in [1.807, 2.05) is 43.4 Å². The molecule has 0 aliphatic heterocycles. The van der Waals surface area contributed by atoms with Gasteiger partial charge >= 0.3 is 5.97 Å². The standard InChI is InChI=1S/C15H18O2/c1-3-4-5-7-10-13(2)17-15(16)14-11-8-6-9-12-14/h3,6-13H,1,4-5H2,2H3/b10-7+/t13-/m1/s1. The van der Waals surface area contributed by atoms with Gasteiger partial charge in [0, 0.05) is 0 Å². The molecule has 2 nitrogen and oxygen atoms in total. The first kappa shape index (κ1) is 13.2. The highest BCUT2D eigenvalue weighted by Gasteiger charge is 2.08. The molecule has 0 fully saturated rings. The van der Waals surface area contributed by atoms with Crippen molar-refractivity contribution in [1.82, 2.24) is 0 Å². The van der Waals surface area contributed by atoms with Crippen LogP contribution in [0.4, 0.5) is 0 Å². The summed E-state index contributed by atoms with van der Waals surface area (Å²) in [5.41, 5.74) is 0.582. The van der Waals surface area contributed by atoms with Gasteiger partial charge in [-0.3, -0.25) is 0 Å². The lowest BCUT2D eigenvalue weighted by atomic mass is 10.2. The van der Waals surface area contributed by atoms with Crippen molar-refractivity contribution in [1.29, 1.82) is 0 Å². The number of esters is 1. The first-order valence-corrected chi connectivity index (χ1v) is 5.77. The molecule has 17 heavy (non-hydrogen) atoms. The fourth-order valence-corrected chi connectivity index (χ4v) is 1.35. The third-order valence-corrected chi connectivity index (χ3v) is 2.25. The van der Waals surface area contributed by atoms with E-state index >= 15 is 0 Å². The first-order valence-electron chi connectivity index (χ1n) is 5.77. The van der Waals surface area contributed by atoms with Gasteiger partial charge in [0.2, 0.25) is 0 Å². The Hall–Kier alpha value is -1.83. The summed E-state index contributed by atoms with van der Waals surface area (Å²) in [4.78, 5) is 11.7. The lowest BCUT2D eigenvalue weighted by Gasteiger charge is -2.08. The Morgan fingerprint density at radius 3 is 2.71 bits per heavy atom. The lowest BCUT2D eigenvalue weighted by molar-refractivity contribution is 0.0424. The van der Waals surface area contributed by atoms with Crippen LogP contribution in [0.2, 0.25) is 0 Å². The van der Waals surface area contributed by atoms with Crippen molar-refractivity contribution in [3.05, 3.63) is 60.7 Å². The molecule has 1 rings (SSSR count). The number of hydrogen-bond donors (Lipinski definition) is 0. The third-order valence-electron chi connectivity index (χ3n) is 2.25. The highest BCUT2D eigenvalue weighted by atomic mass is 16.5.